The Morgan fingerprint density at radius 1 is 1.04 bits per heavy atom. The first-order valence-corrected chi connectivity index (χ1v) is 10.4. The number of hydrogen-bond acceptors (Lipinski definition) is 4. The highest BCUT2D eigenvalue weighted by atomic mass is 32.2. The molecule has 0 fully saturated rings. The SMILES string of the molecule is CCSc1ccc(-c2cncn2-c2ccc(S(C)(=O)=O)cc2)cc1. The molecule has 0 aliphatic rings. The highest BCUT2D eigenvalue weighted by molar-refractivity contribution is 7.99. The topological polar surface area (TPSA) is 52.0 Å². The van der Waals surface area contributed by atoms with E-state index in [9.17, 15) is 8.42 Å². The minimum absolute atomic E-state index is 0.314. The Balaban J connectivity index is 1.95. The fraction of sp³-hybridized carbons (Fsp3) is 0.167. The molecule has 1 heterocycles. The molecule has 1 aromatic heterocycles. The second-order valence-electron chi connectivity index (χ2n) is 5.37. The smallest absolute Gasteiger partial charge is 0.175 e. The molecule has 0 amide bonds. The van der Waals surface area contributed by atoms with Crippen LogP contribution in [0.2, 0.25) is 0 Å². The summed E-state index contributed by atoms with van der Waals surface area (Å²) in [6.45, 7) is 2.13. The van der Waals surface area contributed by atoms with Crippen molar-refractivity contribution in [2.75, 3.05) is 12.0 Å². The predicted molar refractivity (Wildman–Crippen MR) is 98.5 cm³/mol. The monoisotopic (exact) mass is 358 g/mol. The molecule has 0 spiro atoms. The highest BCUT2D eigenvalue weighted by Crippen LogP contribution is 2.26. The van der Waals surface area contributed by atoms with Crippen molar-refractivity contribution < 1.29 is 8.42 Å². The van der Waals surface area contributed by atoms with E-state index in [1.807, 2.05) is 10.8 Å². The summed E-state index contributed by atoms with van der Waals surface area (Å²) in [6.07, 6.45) is 4.76. The van der Waals surface area contributed by atoms with Gasteiger partial charge in [0.25, 0.3) is 0 Å². The average molecular weight is 358 g/mol. The van der Waals surface area contributed by atoms with Crippen LogP contribution < -0.4 is 0 Å². The van der Waals surface area contributed by atoms with E-state index in [4.69, 9.17) is 0 Å². The number of imidazole rings is 1. The summed E-state index contributed by atoms with van der Waals surface area (Å²) in [5, 5.41) is 0. The van der Waals surface area contributed by atoms with Gasteiger partial charge < -0.3 is 0 Å². The van der Waals surface area contributed by atoms with Crippen molar-refractivity contribution >= 4 is 21.6 Å². The summed E-state index contributed by atoms with van der Waals surface area (Å²) in [5.74, 6) is 1.05. The third kappa shape index (κ3) is 3.55. The Labute approximate surface area is 146 Å². The molecule has 0 radical (unpaired) electrons. The van der Waals surface area contributed by atoms with Crippen LogP contribution in [0, 0.1) is 0 Å². The molecule has 6 heteroatoms. The quantitative estimate of drug-likeness (QED) is 0.646. The molecule has 24 heavy (non-hydrogen) atoms. The summed E-state index contributed by atoms with van der Waals surface area (Å²) in [6, 6.07) is 15.2. The molecule has 124 valence electrons. The molecular formula is C18H18N2O2S2. The number of rotatable bonds is 5. The van der Waals surface area contributed by atoms with Crippen LogP contribution in [0.15, 0.2) is 70.8 Å². The van der Waals surface area contributed by atoms with Gasteiger partial charge in [0.2, 0.25) is 0 Å². The largest absolute Gasteiger partial charge is 0.299 e. The van der Waals surface area contributed by atoms with E-state index >= 15 is 0 Å². The third-order valence-corrected chi connectivity index (χ3v) is 5.67. The predicted octanol–water partition coefficient (Wildman–Crippen LogP) is 4.05. The van der Waals surface area contributed by atoms with Gasteiger partial charge >= 0.3 is 0 Å². The fourth-order valence-corrected chi connectivity index (χ4v) is 3.75. The zero-order valence-corrected chi connectivity index (χ0v) is 15.1. The van der Waals surface area contributed by atoms with Crippen molar-refractivity contribution in [3.8, 4) is 16.9 Å². The molecule has 0 saturated heterocycles. The van der Waals surface area contributed by atoms with Gasteiger partial charge in [-0.1, -0.05) is 19.1 Å². The maximum Gasteiger partial charge on any atom is 0.175 e. The molecule has 0 bridgehead atoms. The summed E-state index contributed by atoms with van der Waals surface area (Å²) in [4.78, 5) is 5.80. The Bertz CT molecular complexity index is 928. The molecule has 0 atom stereocenters. The van der Waals surface area contributed by atoms with Gasteiger partial charge in [0, 0.05) is 22.4 Å². The van der Waals surface area contributed by atoms with Gasteiger partial charge in [-0.05, 0) is 42.2 Å². The van der Waals surface area contributed by atoms with Crippen LogP contribution >= 0.6 is 11.8 Å². The number of thioether (sulfide) groups is 1. The first-order valence-electron chi connectivity index (χ1n) is 7.55. The van der Waals surface area contributed by atoms with E-state index in [1.54, 1.807) is 42.4 Å². The lowest BCUT2D eigenvalue weighted by Crippen LogP contribution is -1.99. The van der Waals surface area contributed by atoms with Crippen molar-refractivity contribution in [2.24, 2.45) is 0 Å². The zero-order valence-electron chi connectivity index (χ0n) is 13.5. The van der Waals surface area contributed by atoms with Crippen molar-refractivity contribution in [1.29, 1.82) is 0 Å². The lowest BCUT2D eigenvalue weighted by Gasteiger charge is -2.09. The van der Waals surface area contributed by atoms with E-state index in [0.29, 0.717) is 4.90 Å². The van der Waals surface area contributed by atoms with Crippen LogP contribution in [-0.4, -0.2) is 30.0 Å². The number of nitrogens with zero attached hydrogens (tertiary/aromatic N) is 2. The molecule has 0 aliphatic carbocycles. The van der Waals surface area contributed by atoms with Gasteiger partial charge in [-0.25, -0.2) is 13.4 Å². The third-order valence-electron chi connectivity index (χ3n) is 3.64. The van der Waals surface area contributed by atoms with Crippen molar-refractivity contribution in [3.05, 3.63) is 61.1 Å². The molecule has 3 rings (SSSR count). The van der Waals surface area contributed by atoms with E-state index in [1.165, 1.54) is 11.2 Å². The maximum absolute atomic E-state index is 11.6. The van der Waals surface area contributed by atoms with Crippen LogP contribution in [0.4, 0.5) is 0 Å². The second-order valence-corrected chi connectivity index (χ2v) is 8.73. The van der Waals surface area contributed by atoms with Crippen LogP contribution in [0.25, 0.3) is 16.9 Å². The highest BCUT2D eigenvalue weighted by Gasteiger charge is 2.10. The molecule has 2 aromatic carbocycles. The normalized spacial score (nSPS) is 11.6. The van der Waals surface area contributed by atoms with Crippen molar-refractivity contribution in [2.45, 2.75) is 16.7 Å². The molecule has 0 N–H and O–H groups in total. The fourth-order valence-electron chi connectivity index (χ4n) is 2.46. The maximum atomic E-state index is 11.6. The molecule has 0 unspecified atom stereocenters. The van der Waals surface area contributed by atoms with Gasteiger partial charge in [-0.2, -0.15) is 0 Å². The number of benzene rings is 2. The van der Waals surface area contributed by atoms with E-state index in [-0.39, 0.29) is 0 Å². The summed E-state index contributed by atoms with van der Waals surface area (Å²) < 4.78 is 25.1. The van der Waals surface area contributed by atoms with E-state index in [0.717, 1.165) is 22.7 Å². The van der Waals surface area contributed by atoms with Crippen LogP contribution in [0.5, 0.6) is 0 Å². The Morgan fingerprint density at radius 3 is 2.29 bits per heavy atom. The van der Waals surface area contributed by atoms with Gasteiger partial charge in [0.1, 0.15) is 0 Å². The van der Waals surface area contributed by atoms with Crippen molar-refractivity contribution in [1.82, 2.24) is 9.55 Å². The Morgan fingerprint density at radius 2 is 1.71 bits per heavy atom. The Kier molecular flexibility index (Phi) is 4.78. The Hall–Kier alpha value is -2.05. The van der Waals surface area contributed by atoms with Gasteiger partial charge in [0.15, 0.2) is 9.84 Å². The van der Waals surface area contributed by atoms with E-state index in [2.05, 4.69) is 36.2 Å². The van der Waals surface area contributed by atoms with E-state index < -0.39 is 9.84 Å². The molecule has 0 saturated carbocycles. The standard InChI is InChI=1S/C18H18N2O2S2/c1-3-23-16-8-4-14(5-9-16)18-12-19-13-20(18)15-6-10-17(11-7-15)24(2,21)22/h4-13H,3H2,1-2H3. The number of aromatic nitrogens is 2. The second kappa shape index (κ2) is 6.83. The van der Waals surface area contributed by atoms with Gasteiger partial charge in [0.05, 0.1) is 23.1 Å². The first-order chi connectivity index (χ1) is 11.5. The van der Waals surface area contributed by atoms with Gasteiger partial charge in [-0.3, -0.25) is 4.57 Å². The molecule has 0 aliphatic heterocycles. The minimum Gasteiger partial charge on any atom is -0.299 e. The molecular weight excluding hydrogens is 340 g/mol. The van der Waals surface area contributed by atoms with Crippen LogP contribution in [0.1, 0.15) is 6.92 Å². The lowest BCUT2D eigenvalue weighted by atomic mass is 10.1. The van der Waals surface area contributed by atoms with Crippen molar-refractivity contribution in [3.63, 3.8) is 0 Å². The molecule has 4 nitrogen and oxygen atoms in total. The molecule has 3 aromatic rings. The number of hydrogen-bond donors (Lipinski definition) is 0. The summed E-state index contributed by atoms with van der Waals surface area (Å²) >= 11 is 1.81. The average Bonchev–Trinajstić information content (AvgIpc) is 3.05. The van der Waals surface area contributed by atoms with Crippen LogP contribution in [0.3, 0.4) is 0 Å². The first kappa shape index (κ1) is 16.8. The van der Waals surface area contributed by atoms with Crippen LogP contribution in [-0.2, 0) is 9.84 Å². The summed E-state index contributed by atoms with van der Waals surface area (Å²) in [5.41, 5.74) is 2.91. The minimum atomic E-state index is -3.19. The lowest BCUT2D eigenvalue weighted by molar-refractivity contribution is 0.602. The summed E-state index contributed by atoms with van der Waals surface area (Å²) in [7, 11) is -3.19. The number of sulfone groups is 1. The van der Waals surface area contributed by atoms with Gasteiger partial charge in [-0.15, -0.1) is 11.8 Å². The zero-order chi connectivity index (χ0) is 17.2.